The van der Waals surface area contributed by atoms with E-state index in [0.29, 0.717) is 0 Å². The summed E-state index contributed by atoms with van der Waals surface area (Å²) in [5, 5.41) is 4.02. The lowest BCUT2D eigenvalue weighted by molar-refractivity contribution is 0.728. The summed E-state index contributed by atoms with van der Waals surface area (Å²) in [5.41, 5.74) is 0. The summed E-state index contributed by atoms with van der Waals surface area (Å²) >= 11 is 0. The van der Waals surface area contributed by atoms with Crippen LogP contribution in [0.2, 0.25) is 0 Å². The zero-order valence-electron chi connectivity index (χ0n) is 7.34. The van der Waals surface area contributed by atoms with E-state index in [0.717, 1.165) is 11.6 Å². The second kappa shape index (κ2) is 4.04. The molecule has 0 radical (unpaired) electrons. The third kappa shape index (κ3) is 2.17. The highest BCUT2D eigenvalue weighted by molar-refractivity contribution is 4.85. The van der Waals surface area contributed by atoms with Crippen molar-refractivity contribution < 1.29 is 0 Å². The standard InChI is InChI=1S/C5H9N3.C2H6/c1-4-6-5(2)8(3)7-4;1-2/h1-3H3;1-2H3. The predicted octanol–water partition coefficient (Wildman–Crippen LogP) is 1.46. The van der Waals surface area contributed by atoms with Gasteiger partial charge in [-0.1, -0.05) is 13.8 Å². The number of aromatic nitrogens is 3. The van der Waals surface area contributed by atoms with Gasteiger partial charge in [-0.25, -0.2) is 4.98 Å². The minimum absolute atomic E-state index is 0.838. The summed E-state index contributed by atoms with van der Waals surface area (Å²) in [6.07, 6.45) is 0. The Morgan fingerprint density at radius 3 is 1.80 bits per heavy atom. The molecule has 1 aromatic heterocycles. The maximum Gasteiger partial charge on any atom is 0.147 e. The molecule has 0 amide bonds. The molecule has 0 atom stereocenters. The highest BCUT2D eigenvalue weighted by Crippen LogP contribution is 1.89. The van der Waals surface area contributed by atoms with Gasteiger partial charge in [0.2, 0.25) is 0 Å². The van der Waals surface area contributed by atoms with E-state index in [9.17, 15) is 0 Å². The number of hydrogen-bond acceptors (Lipinski definition) is 2. The summed E-state index contributed by atoms with van der Waals surface area (Å²) < 4.78 is 1.76. The fraction of sp³-hybridized carbons (Fsp3) is 0.714. The summed E-state index contributed by atoms with van der Waals surface area (Å²) in [6, 6.07) is 0. The quantitative estimate of drug-likeness (QED) is 0.547. The molecule has 0 aliphatic rings. The second-order valence-corrected chi connectivity index (χ2v) is 1.83. The molecule has 3 heteroatoms. The van der Waals surface area contributed by atoms with Crippen LogP contribution in [0.15, 0.2) is 0 Å². The number of hydrogen-bond donors (Lipinski definition) is 0. The molecule has 0 N–H and O–H groups in total. The van der Waals surface area contributed by atoms with Crippen LogP contribution in [0.5, 0.6) is 0 Å². The third-order valence-electron chi connectivity index (χ3n) is 1.09. The molecule has 0 aliphatic carbocycles. The first kappa shape index (κ1) is 9.14. The van der Waals surface area contributed by atoms with Crippen LogP contribution in [0.3, 0.4) is 0 Å². The zero-order valence-corrected chi connectivity index (χ0v) is 7.34. The minimum atomic E-state index is 0.838. The molecular weight excluding hydrogens is 126 g/mol. The Hall–Kier alpha value is -0.860. The molecule has 1 rings (SSSR count). The zero-order chi connectivity index (χ0) is 8.15. The van der Waals surface area contributed by atoms with Crippen LogP contribution in [-0.2, 0) is 7.05 Å². The summed E-state index contributed by atoms with van der Waals surface area (Å²) in [6.45, 7) is 7.81. The lowest BCUT2D eigenvalue weighted by atomic mass is 10.7. The largest absolute Gasteiger partial charge is 0.253 e. The molecule has 58 valence electrons. The van der Waals surface area contributed by atoms with Gasteiger partial charge >= 0.3 is 0 Å². The SMILES string of the molecule is CC.Cc1nc(C)n(C)n1. The lowest BCUT2D eigenvalue weighted by Crippen LogP contribution is -1.92. The van der Waals surface area contributed by atoms with Crippen LogP contribution >= 0.6 is 0 Å². The molecule has 0 saturated heterocycles. The van der Waals surface area contributed by atoms with Crippen molar-refractivity contribution in [2.24, 2.45) is 7.05 Å². The van der Waals surface area contributed by atoms with Crippen molar-refractivity contribution in [2.45, 2.75) is 27.7 Å². The van der Waals surface area contributed by atoms with Gasteiger partial charge in [-0.2, -0.15) is 5.10 Å². The Balaban J connectivity index is 0.000000371. The van der Waals surface area contributed by atoms with Crippen LogP contribution in [0.25, 0.3) is 0 Å². The van der Waals surface area contributed by atoms with Gasteiger partial charge in [0.1, 0.15) is 11.6 Å². The second-order valence-electron chi connectivity index (χ2n) is 1.83. The van der Waals surface area contributed by atoms with Gasteiger partial charge in [-0.05, 0) is 13.8 Å². The van der Waals surface area contributed by atoms with Gasteiger partial charge in [-0.15, -0.1) is 0 Å². The van der Waals surface area contributed by atoms with Crippen LogP contribution in [0.1, 0.15) is 25.5 Å². The maximum atomic E-state index is 4.06. The summed E-state index contributed by atoms with van der Waals surface area (Å²) in [4.78, 5) is 4.06. The Morgan fingerprint density at radius 1 is 1.20 bits per heavy atom. The average Bonchev–Trinajstić information content (AvgIpc) is 2.16. The molecule has 10 heavy (non-hydrogen) atoms. The van der Waals surface area contributed by atoms with Crippen LogP contribution in [-0.4, -0.2) is 14.8 Å². The molecular formula is C7H15N3. The third-order valence-corrected chi connectivity index (χ3v) is 1.09. The minimum Gasteiger partial charge on any atom is -0.253 e. The molecule has 0 unspecified atom stereocenters. The van der Waals surface area contributed by atoms with Gasteiger partial charge in [0, 0.05) is 7.05 Å². The Labute approximate surface area is 62.1 Å². The van der Waals surface area contributed by atoms with Crippen molar-refractivity contribution in [3.05, 3.63) is 11.6 Å². The van der Waals surface area contributed by atoms with Gasteiger partial charge in [0.25, 0.3) is 0 Å². The Bertz CT molecular complexity index is 171. The summed E-state index contributed by atoms with van der Waals surface area (Å²) in [5.74, 6) is 1.80. The first-order chi connectivity index (χ1) is 4.70. The van der Waals surface area contributed by atoms with E-state index >= 15 is 0 Å². The molecule has 0 fully saturated rings. The predicted molar refractivity (Wildman–Crippen MR) is 41.8 cm³/mol. The molecule has 0 saturated carbocycles. The van der Waals surface area contributed by atoms with Crippen molar-refractivity contribution in [3.8, 4) is 0 Å². The van der Waals surface area contributed by atoms with E-state index in [1.807, 2.05) is 34.7 Å². The van der Waals surface area contributed by atoms with Crippen molar-refractivity contribution in [1.82, 2.24) is 14.8 Å². The van der Waals surface area contributed by atoms with Crippen LogP contribution in [0.4, 0.5) is 0 Å². The summed E-state index contributed by atoms with van der Waals surface area (Å²) in [7, 11) is 1.88. The molecule has 3 nitrogen and oxygen atoms in total. The van der Waals surface area contributed by atoms with E-state index in [1.165, 1.54) is 0 Å². The smallest absolute Gasteiger partial charge is 0.147 e. The van der Waals surface area contributed by atoms with Gasteiger partial charge in [0.15, 0.2) is 0 Å². The molecule has 1 heterocycles. The fourth-order valence-corrected chi connectivity index (χ4v) is 0.618. The normalized spacial score (nSPS) is 8.50. The Kier molecular flexibility index (Phi) is 3.69. The highest BCUT2D eigenvalue weighted by atomic mass is 15.3. The molecule has 0 bridgehead atoms. The lowest BCUT2D eigenvalue weighted by Gasteiger charge is -1.84. The van der Waals surface area contributed by atoms with Gasteiger partial charge < -0.3 is 0 Å². The Morgan fingerprint density at radius 2 is 1.70 bits per heavy atom. The first-order valence-electron chi connectivity index (χ1n) is 3.54. The molecule has 1 aromatic rings. The van der Waals surface area contributed by atoms with Crippen molar-refractivity contribution in [3.63, 3.8) is 0 Å². The van der Waals surface area contributed by atoms with Gasteiger partial charge in [-0.3, -0.25) is 4.68 Å². The number of rotatable bonds is 0. The topological polar surface area (TPSA) is 30.7 Å². The van der Waals surface area contributed by atoms with Crippen molar-refractivity contribution >= 4 is 0 Å². The van der Waals surface area contributed by atoms with Crippen molar-refractivity contribution in [1.29, 1.82) is 0 Å². The number of nitrogens with zero attached hydrogens (tertiary/aromatic N) is 3. The van der Waals surface area contributed by atoms with Crippen LogP contribution in [0, 0.1) is 13.8 Å². The van der Waals surface area contributed by atoms with E-state index in [2.05, 4.69) is 10.1 Å². The van der Waals surface area contributed by atoms with E-state index in [1.54, 1.807) is 4.68 Å². The fourth-order valence-electron chi connectivity index (χ4n) is 0.618. The van der Waals surface area contributed by atoms with E-state index < -0.39 is 0 Å². The number of aryl methyl sites for hydroxylation is 3. The van der Waals surface area contributed by atoms with Crippen LogP contribution < -0.4 is 0 Å². The molecule has 0 aromatic carbocycles. The monoisotopic (exact) mass is 141 g/mol. The van der Waals surface area contributed by atoms with E-state index in [4.69, 9.17) is 0 Å². The van der Waals surface area contributed by atoms with Crippen molar-refractivity contribution in [2.75, 3.05) is 0 Å². The maximum absolute atomic E-state index is 4.06. The molecule has 0 spiro atoms. The van der Waals surface area contributed by atoms with Gasteiger partial charge in [0.05, 0.1) is 0 Å². The average molecular weight is 141 g/mol. The molecule has 0 aliphatic heterocycles. The first-order valence-corrected chi connectivity index (χ1v) is 3.54. The highest BCUT2D eigenvalue weighted by Gasteiger charge is 1.93. The van der Waals surface area contributed by atoms with E-state index in [-0.39, 0.29) is 0 Å².